The lowest BCUT2D eigenvalue weighted by atomic mass is 9.90. The van der Waals surface area contributed by atoms with Crippen LogP contribution in [0.3, 0.4) is 0 Å². The zero-order valence-corrected chi connectivity index (χ0v) is 13.2. The van der Waals surface area contributed by atoms with Crippen molar-refractivity contribution in [2.75, 3.05) is 13.1 Å². The molecule has 4 nitrogen and oxygen atoms in total. The Hall–Kier alpha value is -1.06. The summed E-state index contributed by atoms with van der Waals surface area (Å²) in [4.78, 5) is 26.3. The second-order valence-corrected chi connectivity index (χ2v) is 7.45. The third-order valence-corrected chi connectivity index (χ3v) is 4.49. The summed E-state index contributed by atoms with van der Waals surface area (Å²) in [5.74, 6) is 1.16. The van der Waals surface area contributed by atoms with E-state index in [1.54, 1.807) is 0 Å². The molecule has 0 bridgehead atoms. The molecule has 1 aliphatic heterocycles. The van der Waals surface area contributed by atoms with Crippen molar-refractivity contribution < 1.29 is 9.59 Å². The number of hydrogen-bond donors (Lipinski definition) is 1. The van der Waals surface area contributed by atoms with Gasteiger partial charge in [-0.25, -0.2) is 0 Å². The van der Waals surface area contributed by atoms with E-state index in [1.165, 1.54) is 12.8 Å². The molecule has 1 N–H and O–H groups in total. The third kappa shape index (κ3) is 3.74. The van der Waals surface area contributed by atoms with Gasteiger partial charge in [-0.3, -0.25) is 9.59 Å². The minimum absolute atomic E-state index is 0.0835. The van der Waals surface area contributed by atoms with Crippen LogP contribution in [0.15, 0.2) is 0 Å². The van der Waals surface area contributed by atoms with Gasteiger partial charge in [0, 0.05) is 30.5 Å². The molecule has 0 aromatic heterocycles. The monoisotopic (exact) mass is 280 g/mol. The van der Waals surface area contributed by atoms with Crippen LogP contribution in [0.25, 0.3) is 0 Å². The molecule has 0 spiro atoms. The van der Waals surface area contributed by atoms with Gasteiger partial charge in [-0.1, -0.05) is 20.8 Å². The highest BCUT2D eigenvalue weighted by molar-refractivity contribution is 5.82. The molecule has 20 heavy (non-hydrogen) atoms. The molecule has 1 saturated carbocycles. The number of piperidine rings is 1. The van der Waals surface area contributed by atoms with E-state index in [0.29, 0.717) is 25.0 Å². The number of carbonyl (C=O) groups is 2. The minimum atomic E-state index is -0.324. The Kier molecular flexibility index (Phi) is 4.40. The van der Waals surface area contributed by atoms with E-state index in [2.05, 4.69) is 12.2 Å². The first-order valence-electron chi connectivity index (χ1n) is 7.89. The van der Waals surface area contributed by atoms with Crippen LogP contribution >= 0.6 is 0 Å². The molecule has 0 radical (unpaired) electrons. The highest BCUT2D eigenvalue weighted by Crippen LogP contribution is 2.32. The number of hydrogen-bond acceptors (Lipinski definition) is 2. The van der Waals surface area contributed by atoms with E-state index in [1.807, 2.05) is 25.7 Å². The van der Waals surface area contributed by atoms with Crippen molar-refractivity contribution in [3.8, 4) is 0 Å². The Morgan fingerprint density at radius 2 is 1.65 bits per heavy atom. The lowest BCUT2D eigenvalue weighted by Gasteiger charge is -2.35. The topological polar surface area (TPSA) is 49.4 Å². The Morgan fingerprint density at radius 1 is 1.10 bits per heavy atom. The molecular formula is C16H28N2O2. The van der Waals surface area contributed by atoms with Crippen molar-refractivity contribution in [3.05, 3.63) is 0 Å². The summed E-state index contributed by atoms with van der Waals surface area (Å²) in [7, 11) is 0. The number of rotatable bonds is 3. The van der Waals surface area contributed by atoms with Gasteiger partial charge < -0.3 is 10.2 Å². The summed E-state index contributed by atoms with van der Waals surface area (Å²) in [5.41, 5.74) is -0.324. The van der Waals surface area contributed by atoms with Crippen molar-refractivity contribution in [3.63, 3.8) is 0 Å². The maximum absolute atomic E-state index is 12.2. The van der Waals surface area contributed by atoms with Crippen LogP contribution in [0.1, 0.15) is 53.4 Å². The maximum Gasteiger partial charge on any atom is 0.227 e. The van der Waals surface area contributed by atoms with Crippen LogP contribution < -0.4 is 5.32 Å². The number of likely N-dealkylation sites (tertiary alicyclic amines) is 1. The molecule has 0 aromatic carbocycles. The van der Waals surface area contributed by atoms with E-state index in [0.717, 1.165) is 12.8 Å². The first-order valence-corrected chi connectivity index (χ1v) is 7.89. The lowest BCUT2D eigenvalue weighted by molar-refractivity contribution is -0.142. The van der Waals surface area contributed by atoms with Crippen molar-refractivity contribution in [1.82, 2.24) is 10.2 Å². The van der Waals surface area contributed by atoms with Crippen LogP contribution in [0, 0.1) is 17.3 Å². The van der Waals surface area contributed by atoms with Gasteiger partial charge in [-0.05, 0) is 38.5 Å². The van der Waals surface area contributed by atoms with E-state index >= 15 is 0 Å². The van der Waals surface area contributed by atoms with Crippen LogP contribution in [0.2, 0.25) is 0 Å². The predicted molar refractivity (Wildman–Crippen MR) is 79.1 cm³/mol. The van der Waals surface area contributed by atoms with Crippen LogP contribution in [-0.2, 0) is 9.59 Å². The molecule has 2 aliphatic rings. The second kappa shape index (κ2) is 5.74. The molecule has 4 heteroatoms. The summed E-state index contributed by atoms with van der Waals surface area (Å²) in [6.07, 6.45) is 4.09. The maximum atomic E-state index is 12.2. The highest BCUT2D eigenvalue weighted by Gasteiger charge is 2.34. The smallest absolute Gasteiger partial charge is 0.227 e. The standard InChI is InChI=1S/C16H28N2O2/c1-11(12-5-6-12)17-14(19)13-7-9-18(10-8-13)15(20)16(2,3)4/h11-13H,5-10H2,1-4H3,(H,17,19). The Balaban J connectivity index is 1.78. The van der Waals surface area contributed by atoms with E-state index in [4.69, 9.17) is 0 Å². The summed E-state index contributed by atoms with van der Waals surface area (Å²) in [6.45, 7) is 9.38. The molecule has 2 rings (SSSR count). The Morgan fingerprint density at radius 3 is 2.10 bits per heavy atom. The van der Waals surface area contributed by atoms with Crippen molar-refractivity contribution in [1.29, 1.82) is 0 Å². The lowest BCUT2D eigenvalue weighted by Crippen LogP contribution is -2.47. The van der Waals surface area contributed by atoms with Crippen molar-refractivity contribution in [2.24, 2.45) is 17.3 Å². The number of carbonyl (C=O) groups excluding carboxylic acids is 2. The molecule has 114 valence electrons. The minimum Gasteiger partial charge on any atom is -0.353 e. The molecule has 1 unspecified atom stereocenters. The predicted octanol–water partition coefficient (Wildman–Crippen LogP) is 2.19. The van der Waals surface area contributed by atoms with Gasteiger partial charge in [0.1, 0.15) is 0 Å². The fourth-order valence-corrected chi connectivity index (χ4v) is 2.88. The number of nitrogens with one attached hydrogen (secondary N) is 1. The molecular weight excluding hydrogens is 252 g/mol. The zero-order chi connectivity index (χ0) is 14.9. The van der Waals surface area contributed by atoms with Crippen molar-refractivity contribution in [2.45, 2.75) is 59.4 Å². The van der Waals surface area contributed by atoms with Gasteiger partial charge >= 0.3 is 0 Å². The second-order valence-electron chi connectivity index (χ2n) is 7.45. The Bertz CT molecular complexity index is 374. The van der Waals surface area contributed by atoms with Gasteiger partial charge in [0.15, 0.2) is 0 Å². The first kappa shape index (κ1) is 15.3. The summed E-state index contributed by atoms with van der Waals surface area (Å²) in [6, 6.07) is 0.316. The van der Waals surface area contributed by atoms with Crippen LogP contribution in [0.5, 0.6) is 0 Å². The van der Waals surface area contributed by atoms with Gasteiger partial charge in [0.05, 0.1) is 0 Å². The molecule has 1 aliphatic carbocycles. The van der Waals surface area contributed by atoms with Gasteiger partial charge in [0.25, 0.3) is 0 Å². The van der Waals surface area contributed by atoms with Crippen LogP contribution in [-0.4, -0.2) is 35.8 Å². The SMILES string of the molecule is CC(NC(=O)C1CCN(C(=O)C(C)(C)C)CC1)C1CC1. The van der Waals surface area contributed by atoms with E-state index < -0.39 is 0 Å². The number of amides is 2. The summed E-state index contributed by atoms with van der Waals surface area (Å²) in [5, 5.41) is 3.14. The normalized spacial score (nSPS) is 22.5. The molecule has 1 saturated heterocycles. The zero-order valence-electron chi connectivity index (χ0n) is 13.2. The van der Waals surface area contributed by atoms with E-state index in [-0.39, 0.29) is 23.1 Å². The Labute approximate surface area is 122 Å². The van der Waals surface area contributed by atoms with Crippen LogP contribution in [0.4, 0.5) is 0 Å². The summed E-state index contributed by atoms with van der Waals surface area (Å²) < 4.78 is 0. The molecule has 0 aromatic rings. The van der Waals surface area contributed by atoms with Crippen molar-refractivity contribution >= 4 is 11.8 Å². The van der Waals surface area contributed by atoms with Gasteiger partial charge in [-0.15, -0.1) is 0 Å². The third-order valence-electron chi connectivity index (χ3n) is 4.49. The summed E-state index contributed by atoms with van der Waals surface area (Å²) >= 11 is 0. The van der Waals surface area contributed by atoms with Gasteiger partial charge in [0.2, 0.25) is 11.8 Å². The number of nitrogens with zero attached hydrogens (tertiary/aromatic N) is 1. The quantitative estimate of drug-likeness (QED) is 0.861. The average Bonchev–Trinajstić information content (AvgIpc) is 3.21. The molecule has 2 amide bonds. The average molecular weight is 280 g/mol. The first-order chi connectivity index (χ1) is 9.29. The molecule has 1 atom stereocenters. The van der Waals surface area contributed by atoms with E-state index in [9.17, 15) is 9.59 Å². The molecule has 1 heterocycles. The fourth-order valence-electron chi connectivity index (χ4n) is 2.88. The fraction of sp³-hybridized carbons (Fsp3) is 0.875. The highest BCUT2D eigenvalue weighted by atomic mass is 16.2. The largest absolute Gasteiger partial charge is 0.353 e. The molecule has 2 fully saturated rings. The van der Waals surface area contributed by atoms with Gasteiger partial charge in [-0.2, -0.15) is 0 Å².